The van der Waals surface area contributed by atoms with Gasteiger partial charge in [0, 0.05) is 19.5 Å². The van der Waals surface area contributed by atoms with E-state index in [9.17, 15) is 23.6 Å². The third-order valence-electron chi connectivity index (χ3n) is 9.36. The molecule has 0 aromatic heterocycles. The lowest BCUT2D eigenvalue weighted by molar-refractivity contribution is -0.143. The fourth-order valence-corrected chi connectivity index (χ4v) is 8.43. The van der Waals surface area contributed by atoms with E-state index in [-0.39, 0.29) is 11.8 Å². The molecule has 0 heterocycles. The second-order valence-corrected chi connectivity index (χ2v) is 12.2. The first-order valence-corrected chi connectivity index (χ1v) is 14.1. The monoisotopic (exact) mass is 503 g/mol. The van der Waals surface area contributed by atoms with Crippen molar-refractivity contribution in [3.8, 4) is 6.07 Å². The Kier molecular flexibility index (Phi) is 7.20. The molecule has 0 bridgehead atoms. The van der Waals surface area contributed by atoms with Crippen molar-refractivity contribution in [3.63, 3.8) is 0 Å². The number of carboxylic acids is 1. The largest absolute Gasteiger partial charge is 0.481 e. The molecule has 2 unspecified atom stereocenters. The molecule has 2 saturated carbocycles. The number of rotatable bonds is 9. The highest BCUT2D eigenvalue weighted by atomic mass is 32.2. The van der Waals surface area contributed by atoms with Crippen molar-refractivity contribution in [1.82, 2.24) is 9.79 Å². The standard InChI is InChI=1S/C26H37N3O5S/c1-4-29(5-2)35(32,33)34-28-19-7-9-20-18(16-19)6-8-22-21(20)10-12-25(3)23(22)11-13-26(25,14-15-27)17-24(30)31/h7,16,22-23,28H,4-6,8-14,17H2,1-3H3,(H,30,31)/t22?,23?,25-,26-/m0/s1. The number of carboxylic acid groups (broad SMARTS) is 1. The summed E-state index contributed by atoms with van der Waals surface area (Å²) in [6.45, 7) is 6.48. The summed E-state index contributed by atoms with van der Waals surface area (Å²) in [6.07, 6.45) is 10.6. The fraction of sp³-hybridized carbons (Fsp3) is 0.692. The molecule has 8 nitrogen and oxygen atoms in total. The second-order valence-electron chi connectivity index (χ2n) is 10.7. The van der Waals surface area contributed by atoms with Gasteiger partial charge in [0.1, 0.15) is 0 Å². The van der Waals surface area contributed by atoms with Crippen molar-refractivity contribution >= 4 is 16.3 Å². The van der Waals surface area contributed by atoms with Crippen molar-refractivity contribution in [1.29, 1.82) is 5.26 Å². The van der Waals surface area contributed by atoms with Gasteiger partial charge < -0.3 is 5.11 Å². The predicted octanol–water partition coefficient (Wildman–Crippen LogP) is 4.60. The first kappa shape index (κ1) is 25.9. The number of nitrogens with zero attached hydrogens (tertiary/aromatic N) is 2. The molecular formula is C26H37N3O5S. The Morgan fingerprint density at radius 1 is 1.29 bits per heavy atom. The Morgan fingerprint density at radius 2 is 2.03 bits per heavy atom. The van der Waals surface area contributed by atoms with Gasteiger partial charge in [-0.15, -0.1) is 4.28 Å². The lowest BCUT2D eigenvalue weighted by atomic mass is 9.51. The van der Waals surface area contributed by atoms with Crippen LogP contribution in [0.5, 0.6) is 0 Å². The van der Waals surface area contributed by atoms with Crippen LogP contribution in [0.2, 0.25) is 0 Å². The number of allylic oxidation sites excluding steroid dienone is 5. The molecule has 192 valence electrons. The molecule has 4 rings (SSSR count). The lowest BCUT2D eigenvalue weighted by Crippen LogP contribution is -2.46. The maximum Gasteiger partial charge on any atom is 0.359 e. The van der Waals surface area contributed by atoms with E-state index in [1.165, 1.54) is 21.0 Å². The SMILES string of the molecule is CCN(CC)S(=O)(=O)ONC1=CCC2=C3CC[C@@]4(C)C(CC[C@]4(CC#N)CC(=O)O)C3CCC2=C1. The van der Waals surface area contributed by atoms with E-state index >= 15 is 0 Å². The van der Waals surface area contributed by atoms with Gasteiger partial charge in [0.05, 0.1) is 18.2 Å². The third kappa shape index (κ3) is 4.45. The van der Waals surface area contributed by atoms with E-state index in [2.05, 4.69) is 18.5 Å². The third-order valence-corrected chi connectivity index (χ3v) is 10.8. The number of hydroxylamine groups is 1. The zero-order valence-corrected chi connectivity index (χ0v) is 21.8. The van der Waals surface area contributed by atoms with Crippen LogP contribution in [0.4, 0.5) is 0 Å². The minimum Gasteiger partial charge on any atom is -0.481 e. The van der Waals surface area contributed by atoms with Crippen LogP contribution in [-0.4, -0.2) is 36.9 Å². The minimum atomic E-state index is -3.84. The minimum absolute atomic E-state index is 0.0749. The van der Waals surface area contributed by atoms with Crippen LogP contribution < -0.4 is 5.48 Å². The summed E-state index contributed by atoms with van der Waals surface area (Å²) < 4.78 is 31.0. The first-order valence-electron chi connectivity index (χ1n) is 12.8. The van der Waals surface area contributed by atoms with Gasteiger partial charge in [0.2, 0.25) is 0 Å². The van der Waals surface area contributed by atoms with Gasteiger partial charge in [0.25, 0.3) is 0 Å². The van der Waals surface area contributed by atoms with Crippen LogP contribution in [-0.2, 0) is 19.4 Å². The molecule has 0 aliphatic heterocycles. The summed E-state index contributed by atoms with van der Waals surface area (Å²) in [5.41, 5.74) is 6.81. The van der Waals surface area contributed by atoms with E-state index in [4.69, 9.17) is 4.28 Å². The van der Waals surface area contributed by atoms with Crippen molar-refractivity contribution in [3.05, 3.63) is 34.6 Å². The van der Waals surface area contributed by atoms with Crippen LogP contribution in [0.25, 0.3) is 0 Å². The Labute approximate surface area is 208 Å². The van der Waals surface area contributed by atoms with Crippen molar-refractivity contribution in [2.24, 2.45) is 22.7 Å². The Balaban J connectivity index is 1.53. The predicted molar refractivity (Wildman–Crippen MR) is 132 cm³/mol. The van der Waals surface area contributed by atoms with Crippen LogP contribution in [0.15, 0.2) is 34.6 Å². The lowest BCUT2D eigenvalue weighted by Gasteiger charge is -2.53. The molecular weight excluding hydrogens is 466 g/mol. The summed E-state index contributed by atoms with van der Waals surface area (Å²) in [4.78, 5) is 11.8. The van der Waals surface area contributed by atoms with Gasteiger partial charge in [0.15, 0.2) is 0 Å². The molecule has 0 amide bonds. The number of hydrogen-bond acceptors (Lipinski definition) is 6. The molecule has 4 aliphatic rings. The summed E-state index contributed by atoms with van der Waals surface area (Å²) in [7, 11) is -3.84. The Morgan fingerprint density at radius 3 is 2.69 bits per heavy atom. The van der Waals surface area contributed by atoms with Crippen molar-refractivity contribution in [2.45, 2.75) is 78.6 Å². The van der Waals surface area contributed by atoms with Gasteiger partial charge in [-0.05, 0) is 84.8 Å². The zero-order valence-electron chi connectivity index (χ0n) is 21.0. The molecule has 0 radical (unpaired) electrons. The Bertz CT molecular complexity index is 1110. The van der Waals surface area contributed by atoms with Crippen molar-refractivity contribution < 1.29 is 22.6 Å². The van der Waals surface area contributed by atoms with Gasteiger partial charge in [-0.1, -0.05) is 32.4 Å². The first-order chi connectivity index (χ1) is 16.6. The van der Waals surface area contributed by atoms with E-state index < -0.39 is 21.7 Å². The van der Waals surface area contributed by atoms with Gasteiger partial charge in [-0.2, -0.15) is 18.0 Å². The van der Waals surface area contributed by atoms with E-state index in [1.807, 2.05) is 12.2 Å². The highest BCUT2D eigenvalue weighted by molar-refractivity contribution is 7.84. The number of nitrogens with one attached hydrogen (secondary N) is 1. The van der Waals surface area contributed by atoms with E-state index in [0.717, 1.165) is 44.9 Å². The average Bonchev–Trinajstić information content (AvgIpc) is 3.09. The van der Waals surface area contributed by atoms with Crippen LogP contribution in [0.3, 0.4) is 0 Å². The highest BCUT2D eigenvalue weighted by Crippen LogP contribution is 2.68. The molecule has 4 atom stereocenters. The van der Waals surface area contributed by atoms with E-state index in [0.29, 0.717) is 37.0 Å². The summed E-state index contributed by atoms with van der Waals surface area (Å²) in [5.74, 6) is 0.0272. The van der Waals surface area contributed by atoms with Crippen LogP contribution >= 0.6 is 0 Å². The van der Waals surface area contributed by atoms with Gasteiger partial charge >= 0.3 is 16.3 Å². The maximum atomic E-state index is 12.3. The molecule has 2 fully saturated rings. The maximum absolute atomic E-state index is 12.3. The summed E-state index contributed by atoms with van der Waals surface area (Å²) in [5, 5.41) is 19.2. The molecule has 0 spiro atoms. The average molecular weight is 504 g/mol. The Hall–Kier alpha value is -2.15. The quantitative estimate of drug-likeness (QED) is 0.441. The van der Waals surface area contributed by atoms with Crippen LogP contribution in [0.1, 0.15) is 78.6 Å². The molecule has 35 heavy (non-hydrogen) atoms. The second kappa shape index (κ2) is 9.72. The highest BCUT2D eigenvalue weighted by Gasteiger charge is 2.61. The summed E-state index contributed by atoms with van der Waals surface area (Å²) in [6, 6.07) is 2.32. The molecule has 0 aromatic carbocycles. The number of aliphatic carboxylic acids is 1. The van der Waals surface area contributed by atoms with Gasteiger partial charge in [-0.3, -0.25) is 4.79 Å². The normalized spacial score (nSPS) is 32.2. The number of carbonyl (C=O) groups is 1. The molecule has 0 saturated heterocycles. The number of nitriles is 1. The molecule has 0 aromatic rings. The van der Waals surface area contributed by atoms with Crippen molar-refractivity contribution in [2.75, 3.05) is 13.1 Å². The topological polar surface area (TPSA) is 120 Å². The molecule has 9 heteroatoms. The van der Waals surface area contributed by atoms with E-state index in [1.54, 1.807) is 13.8 Å². The van der Waals surface area contributed by atoms with Gasteiger partial charge in [-0.25, -0.2) is 5.48 Å². The smallest absolute Gasteiger partial charge is 0.359 e. The van der Waals surface area contributed by atoms with Crippen LogP contribution in [0, 0.1) is 34.0 Å². The summed E-state index contributed by atoms with van der Waals surface area (Å²) >= 11 is 0. The molecule has 4 aliphatic carbocycles. The molecule has 2 N–H and O–H groups in total. The zero-order chi connectivity index (χ0) is 25.4. The fourth-order valence-electron chi connectivity index (χ4n) is 7.49. The number of hydrogen-bond donors (Lipinski definition) is 2. The number of fused-ring (bicyclic) bond motifs is 4.